The second kappa shape index (κ2) is 9.77. The molecule has 8 nitrogen and oxygen atoms in total. The van der Waals surface area contributed by atoms with E-state index in [4.69, 9.17) is 9.47 Å². The summed E-state index contributed by atoms with van der Waals surface area (Å²) in [4.78, 5) is 27.9. The van der Waals surface area contributed by atoms with Crippen molar-refractivity contribution < 1.29 is 32.5 Å². The van der Waals surface area contributed by atoms with E-state index >= 15 is 4.39 Å². The fourth-order valence-electron chi connectivity index (χ4n) is 4.45. The summed E-state index contributed by atoms with van der Waals surface area (Å²) >= 11 is 0. The molecule has 1 fully saturated rings. The zero-order valence-electron chi connectivity index (χ0n) is 19.1. The van der Waals surface area contributed by atoms with Crippen molar-refractivity contribution in [2.75, 3.05) is 43.1 Å². The molecule has 3 aromatic rings. The van der Waals surface area contributed by atoms with Gasteiger partial charge in [-0.05, 0) is 25.1 Å². The molecule has 2 heterocycles. The highest BCUT2D eigenvalue weighted by molar-refractivity contribution is 5.97. The summed E-state index contributed by atoms with van der Waals surface area (Å²) in [6.07, 6.45) is 1.06. The average molecular weight is 491 g/mol. The molecule has 11 heteroatoms. The first-order valence-electron chi connectivity index (χ1n) is 11.0. The van der Waals surface area contributed by atoms with Gasteiger partial charge in [-0.2, -0.15) is 8.78 Å². The summed E-state index contributed by atoms with van der Waals surface area (Å²) in [5.74, 6) is -2.24. The number of hydrogen-bond acceptors (Lipinski definition) is 6. The third-order valence-corrected chi connectivity index (χ3v) is 6.04. The fourth-order valence-corrected chi connectivity index (χ4v) is 4.45. The molecule has 4 rings (SSSR count). The number of alkyl halides is 2. The standard InChI is InChI=1S/C24H24F3N3O5/c1-3-28-13-15(23(32)33)21(31)14-12-16(25)20(22(19(14)28)35-24(26)27)30-10-8-29(9-11-30)17-6-4-5-7-18(17)34-2/h4-7,12-13,24H,3,8-11H2,1-2H3,(H,32,33). The number of nitrogens with zero attached hydrogens (tertiary/aromatic N) is 3. The van der Waals surface area contributed by atoms with Crippen molar-refractivity contribution in [3.63, 3.8) is 0 Å². The van der Waals surface area contributed by atoms with E-state index in [-0.39, 0.29) is 36.2 Å². The Morgan fingerprint density at radius 2 is 1.80 bits per heavy atom. The molecule has 1 N–H and O–H groups in total. The van der Waals surface area contributed by atoms with Crippen LogP contribution in [0.2, 0.25) is 0 Å². The molecule has 1 aliphatic heterocycles. The summed E-state index contributed by atoms with van der Waals surface area (Å²) in [5.41, 5.74) is -0.963. The van der Waals surface area contributed by atoms with Gasteiger partial charge in [-0.1, -0.05) is 12.1 Å². The van der Waals surface area contributed by atoms with Gasteiger partial charge in [0, 0.05) is 38.9 Å². The van der Waals surface area contributed by atoms with E-state index < -0.39 is 35.1 Å². The number of rotatable bonds is 7. The minimum atomic E-state index is -3.28. The van der Waals surface area contributed by atoms with Crippen LogP contribution in [0.25, 0.3) is 10.9 Å². The molecule has 0 spiro atoms. The smallest absolute Gasteiger partial charge is 0.387 e. The van der Waals surface area contributed by atoms with Crippen molar-refractivity contribution in [3.05, 3.63) is 58.1 Å². The van der Waals surface area contributed by atoms with Gasteiger partial charge in [-0.25, -0.2) is 9.18 Å². The molecule has 0 aliphatic carbocycles. The van der Waals surface area contributed by atoms with E-state index in [1.54, 1.807) is 18.9 Å². The van der Waals surface area contributed by atoms with Crippen molar-refractivity contribution in [1.29, 1.82) is 0 Å². The summed E-state index contributed by atoms with van der Waals surface area (Å²) in [6.45, 7) is -0.0318. The third kappa shape index (κ3) is 4.45. The van der Waals surface area contributed by atoms with Gasteiger partial charge in [-0.15, -0.1) is 0 Å². The lowest BCUT2D eigenvalue weighted by Gasteiger charge is -2.38. The Labute approximate surface area is 198 Å². The van der Waals surface area contributed by atoms with Gasteiger partial charge in [0.15, 0.2) is 11.6 Å². The second-order valence-corrected chi connectivity index (χ2v) is 7.92. The fraction of sp³-hybridized carbons (Fsp3) is 0.333. The van der Waals surface area contributed by atoms with Crippen LogP contribution in [0, 0.1) is 5.82 Å². The minimum absolute atomic E-state index is 0.0774. The summed E-state index contributed by atoms with van der Waals surface area (Å²) < 4.78 is 53.9. The molecule has 0 bridgehead atoms. The highest BCUT2D eigenvalue weighted by Crippen LogP contribution is 2.40. The predicted molar refractivity (Wildman–Crippen MR) is 125 cm³/mol. The van der Waals surface area contributed by atoms with Crippen LogP contribution < -0.4 is 24.7 Å². The number of piperazine rings is 1. The number of halogens is 3. The zero-order chi connectivity index (χ0) is 25.3. The molecule has 35 heavy (non-hydrogen) atoms. The lowest BCUT2D eigenvalue weighted by atomic mass is 10.1. The van der Waals surface area contributed by atoms with Gasteiger partial charge in [-0.3, -0.25) is 4.79 Å². The van der Waals surface area contributed by atoms with Gasteiger partial charge in [0.05, 0.1) is 23.7 Å². The number of aryl methyl sites for hydroxylation is 1. The Hall–Kier alpha value is -3.89. The van der Waals surface area contributed by atoms with Gasteiger partial charge in [0.1, 0.15) is 17.0 Å². The number of pyridine rings is 1. The second-order valence-electron chi connectivity index (χ2n) is 7.92. The number of carboxylic acid groups (broad SMARTS) is 1. The number of hydrogen-bond donors (Lipinski definition) is 1. The van der Waals surface area contributed by atoms with Crippen molar-refractivity contribution in [2.24, 2.45) is 0 Å². The number of aromatic nitrogens is 1. The molecule has 0 unspecified atom stereocenters. The van der Waals surface area contributed by atoms with Gasteiger partial charge < -0.3 is 28.9 Å². The van der Waals surface area contributed by atoms with Gasteiger partial charge in [0.2, 0.25) is 5.43 Å². The van der Waals surface area contributed by atoms with Crippen molar-refractivity contribution in [2.45, 2.75) is 20.1 Å². The van der Waals surface area contributed by atoms with Crippen molar-refractivity contribution >= 4 is 28.2 Å². The molecule has 0 atom stereocenters. The number of anilines is 2. The number of benzene rings is 2. The van der Waals surface area contributed by atoms with E-state index in [9.17, 15) is 23.5 Å². The van der Waals surface area contributed by atoms with Crippen LogP contribution in [-0.2, 0) is 6.54 Å². The van der Waals surface area contributed by atoms with Crippen LogP contribution >= 0.6 is 0 Å². The van der Waals surface area contributed by atoms with Crippen LogP contribution in [0.1, 0.15) is 17.3 Å². The van der Waals surface area contributed by atoms with Crippen LogP contribution in [0.5, 0.6) is 11.5 Å². The summed E-state index contributed by atoms with van der Waals surface area (Å²) in [6, 6.07) is 8.35. The molecule has 1 aromatic heterocycles. The first-order chi connectivity index (χ1) is 16.8. The molecule has 0 radical (unpaired) electrons. The predicted octanol–water partition coefficient (Wildman–Crippen LogP) is 3.80. The normalized spacial score (nSPS) is 14.0. The zero-order valence-corrected chi connectivity index (χ0v) is 19.1. The Balaban J connectivity index is 1.80. The van der Waals surface area contributed by atoms with E-state index in [2.05, 4.69) is 0 Å². The lowest BCUT2D eigenvalue weighted by molar-refractivity contribution is -0.0488. The quantitative estimate of drug-likeness (QED) is 0.538. The van der Waals surface area contributed by atoms with Crippen LogP contribution in [0.4, 0.5) is 24.5 Å². The van der Waals surface area contributed by atoms with Crippen LogP contribution in [0.15, 0.2) is 41.3 Å². The average Bonchev–Trinajstić information content (AvgIpc) is 2.84. The van der Waals surface area contributed by atoms with Crippen molar-refractivity contribution in [3.8, 4) is 11.5 Å². The van der Waals surface area contributed by atoms with Crippen molar-refractivity contribution in [1.82, 2.24) is 4.57 Å². The Kier molecular flexibility index (Phi) is 6.77. The Morgan fingerprint density at radius 3 is 2.40 bits per heavy atom. The minimum Gasteiger partial charge on any atom is -0.495 e. The molecule has 2 aromatic carbocycles. The number of fused-ring (bicyclic) bond motifs is 1. The maximum absolute atomic E-state index is 15.4. The number of ether oxygens (including phenoxy) is 2. The number of methoxy groups -OCH3 is 1. The molecule has 0 saturated carbocycles. The molecule has 0 amide bonds. The van der Waals surface area contributed by atoms with Gasteiger partial charge in [0.25, 0.3) is 0 Å². The highest BCUT2D eigenvalue weighted by Gasteiger charge is 2.29. The molecule has 1 aliphatic rings. The largest absolute Gasteiger partial charge is 0.495 e. The van der Waals surface area contributed by atoms with E-state index in [0.717, 1.165) is 18.0 Å². The van der Waals surface area contributed by atoms with E-state index in [1.807, 2.05) is 29.2 Å². The first kappa shape index (κ1) is 24.2. The third-order valence-electron chi connectivity index (χ3n) is 6.04. The highest BCUT2D eigenvalue weighted by atomic mass is 19.3. The monoisotopic (exact) mass is 491 g/mol. The first-order valence-corrected chi connectivity index (χ1v) is 11.0. The Morgan fingerprint density at radius 1 is 1.14 bits per heavy atom. The maximum Gasteiger partial charge on any atom is 0.387 e. The van der Waals surface area contributed by atoms with Gasteiger partial charge >= 0.3 is 12.6 Å². The van der Waals surface area contributed by atoms with E-state index in [1.165, 1.54) is 4.57 Å². The summed E-state index contributed by atoms with van der Waals surface area (Å²) in [5, 5.41) is 9.03. The maximum atomic E-state index is 15.4. The number of para-hydroxylation sites is 2. The summed E-state index contributed by atoms with van der Waals surface area (Å²) in [7, 11) is 1.57. The number of carbonyl (C=O) groups is 1. The van der Waals surface area contributed by atoms with Crippen LogP contribution in [0.3, 0.4) is 0 Å². The molecular weight excluding hydrogens is 467 g/mol. The lowest BCUT2D eigenvalue weighted by Crippen LogP contribution is -2.47. The van der Waals surface area contributed by atoms with Crippen LogP contribution in [-0.4, -0.2) is 55.5 Å². The molecule has 186 valence electrons. The Bertz CT molecular complexity index is 1320. The number of carboxylic acids is 1. The topological polar surface area (TPSA) is 84.2 Å². The molecule has 1 saturated heterocycles. The van der Waals surface area contributed by atoms with E-state index in [0.29, 0.717) is 18.8 Å². The SMILES string of the molecule is CCn1cc(C(=O)O)c(=O)c2cc(F)c(N3CCN(c4ccccc4OC)CC3)c(OC(F)F)c21. The number of aromatic carboxylic acids is 1. The molecular formula is C24H24F3N3O5.